The van der Waals surface area contributed by atoms with E-state index in [1.807, 2.05) is 30.4 Å². The molecule has 0 amide bonds. The highest BCUT2D eigenvalue weighted by atomic mass is 32.1. The van der Waals surface area contributed by atoms with Crippen LogP contribution in [0.1, 0.15) is 16.3 Å². The van der Waals surface area contributed by atoms with Gasteiger partial charge in [0.1, 0.15) is 5.76 Å². The third-order valence-corrected chi connectivity index (χ3v) is 4.14. The van der Waals surface area contributed by atoms with Crippen LogP contribution < -0.4 is 5.32 Å². The van der Waals surface area contributed by atoms with Crippen LogP contribution in [0.3, 0.4) is 0 Å². The fraction of sp³-hybridized carbons (Fsp3) is 0.188. The number of aromatic nitrogens is 1. The van der Waals surface area contributed by atoms with Gasteiger partial charge in [-0.25, -0.2) is 0 Å². The van der Waals surface area contributed by atoms with Crippen LogP contribution in [-0.4, -0.2) is 5.16 Å². The van der Waals surface area contributed by atoms with Crippen LogP contribution in [0.5, 0.6) is 0 Å². The van der Waals surface area contributed by atoms with Crippen LogP contribution in [0.4, 0.5) is 0 Å². The zero-order chi connectivity index (χ0) is 13.8. The summed E-state index contributed by atoms with van der Waals surface area (Å²) in [5, 5.41) is 7.35. The number of hydrogen-bond donors (Lipinski definition) is 1. The van der Waals surface area contributed by atoms with E-state index in [-0.39, 0.29) is 0 Å². The molecule has 0 aliphatic carbocycles. The number of benzene rings is 1. The van der Waals surface area contributed by atoms with Crippen molar-refractivity contribution in [3.05, 3.63) is 64.9 Å². The number of aryl methyl sites for hydroxylation is 1. The van der Waals surface area contributed by atoms with Gasteiger partial charge in [0, 0.05) is 28.9 Å². The van der Waals surface area contributed by atoms with Gasteiger partial charge in [0.05, 0.1) is 5.69 Å². The van der Waals surface area contributed by atoms with Crippen LogP contribution in [0.15, 0.2) is 53.1 Å². The molecule has 2 aromatic heterocycles. The molecule has 0 bridgehead atoms. The van der Waals surface area contributed by atoms with E-state index in [1.54, 1.807) is 0 Å². The summed E-state index contributed by atoms with van der Waals surface area (Å²) in [7, 11) is 0. The second kappa shape index (κ2) is 6.03. The van der Waals surface area contributed by atoms with Crippen LogP contribution in [0.25, 0.3) is 10.4 Å². The Morgan fingerprint density at radius 3 is 2.70 bits per heavy atom. The summed E-state index contributed by atoms with van der Waals surface area (Å²) in [6.45, 7) is 3.49. The molecule has 3 rings (SSSR count). The van der Waals surface area contributed by atoms with Crippen molar-refractivity contribution in [2.24, 2.45) is 0 Å². The monoisotopic (exact) mass is 284 g/mol. The van der Waals surface area contributed by atoms with E-state index >= 15 is 0 Å². The summed E-state index contributed by atoms with van der Waals surface area (Å²) in [6, 6.07) is 16.8. The molecule has 20 heavy (non-hydrogen) atoms. The summed E-state index contributed by atoms with van der Waals surface area (Å²) in [5.41, 5.74) is 2.22. The highest BCUT2D eigenvalue weighted by Gasteiger charge is 2.03. The topological polar surface area (TPSA) is 38.1 Å². The molecule has 0 aliphatic heterocycles. The largest absolute Gasteiger partial charge is 0.361 e. The molecule has 0 aliphatic rings. The van der Waals surface area contributed by atoms with Gasteiger partial charge in [-0.3, -0.25) is 0 Å². The highest BCUT2D eigenvalue weighted by molar-refractivity contribution is 7.15. The molecule has 0 spiro atoms. The van der Waals surface area contributed by atoms with Gasteiger partial charge in [-0.1, -0.05) is 35.5 Å². The SMILES string of the molecule is Cc1cc(CNCc2ccc(-c3ccccc3)s2)no1. The van der Waals surface area contributed by atoms with E-state index in [0.717, 1.165) is 24.5 Å². The van der Waals surface area contributed by atoms with Crippen molar-refractivity contribution < 1.29 is 4.52 Å². The highest BCUT2D eigenvalue weighted by Crippen LogP contribution is 2.27. The molecule has 102 valence electrons. The molecule has 0 saturated heterocycles. The van der Waals surface area contributed by atoms with Crippen molar-refractivity contribution in [2.75, 3.05) is 0 Å². The summed E-state index contributed by atoms with van der Waals surface area (Å²) in [5.74, 6) is 0.851. The molecule has 3 aromatic rings. The molecule has 2 heterocycles. The van der Waals surface area contributed by atoms with Crippen molar-refractivity contribution in [3.63, 3.8) is 0 Å². The average Bonchev–Trinajstić information content (AvgIpc) is 3.09. The first-order valence-corrected chi connectivity index (χ1v) is 7.40. The molecule has 1 aromatic carbocycles. The summed E-state index contributed by atoms with van der Waals surface area (Å²) >= 11 is 1.82. The van der Waals surface area contributed by atoms with Gasteiger partial charge in [-0.15, -0.1) is 11.3 Å². The minimum Gasteiger partial charge on any atom is -0.361 e. The molecule has 4 heteroatoms. The molecule has 3 nitrogen and oxygen atoms in total. The van der Waals surface area contributed by atoms with E-state index in [2.05, 4.69) is 46.9 Å². The maximum atomic E-state index is 5.04. The van der Waals surface area contributed by atoms with Gasteiger partial charge in [0.2, 0.25) is 0 Å². The third kappa shape index (κ3) is 3.15. The minimum absolute atomic E-state index is 0.732. The standard InChI is InChI=1S/C16H16N2OS/c1-12-9-14(18-19-12)10-17-11-15-7-8-16(20-15)13-5-3-2-4-6-13/h2-9,17H,10-11H2,1H3. The van der Waals surface area contributed by atoms with Gasteiger partial charge < -0.3 is 9.84 Å². The maximum Gasteiger partial charge on any atom is 0.133 e. The number of thiophene rings is 1. The lowest BCUT2D eigenvalue weighted by molar-refractivity contribution is 0.388. The zero-order valence-corrected chi connectivity index (χ0v) is 12.1. The zero-order valence-electron chi connectivity index (χ0n) is 11.3. The van der Waals surface area contributed by atoms with Crippen LogP contribution in [0.2, 0.25) is 0 Å². The number of rotatable bonds is 5. The van der Waals surface area contributed by atoms with Crippen molar-refractivity contribution in [1.29, 1.82) is 0 Å². The second-order valence-electron chi connectivity index (χ2n) is 4.66. The molecule has 1 N–H and O–H groups in total. The summed E-state index contributed by atoms with van der Waals surface area (Å²) < 4.78 is 5.04. The number of nitrogens with one attached hydrogen (secondary N) is 1. The lowest BCUT2D eigenvalue weighted by Crippen LogP contribution is -2.11. The molecule has 0 saturated carbocycles. The number of nitrogens with zero attached hydrogens (tertiary/aromatic N) is 1. The van der Waals surface area contributed by atoms with Gasteiger partial charge in [-0.05, 0) is 24.6 Å². The molecule has 0 radical (unpaired) electrons. The molecule has 0 atom stereocenters. The van der Waals surface area contributed by atoms with Gasteiger partial charge >= 0.3 is 0 Å². The van der Waals surface area contributed by atoms with E-state index in [0.29, 0.717) is 0 Å². The normalized spacial score (nSPS) is 10.8. The second-order valence-corrected chi connectivity index (χ2v) is 5.83. The first-order valence-electron chi connectivity index (χ1n) is 6.58. The van der Waals surface area contributed by atoms with E-state index in [1.165, 1.54) is 15.3 Å². The Morgan fingerprint density at radius 1 is 1.10 bits per heavy atom. The average molecular weight is 284 g/mol. The Morgan fingerprint density at radius 2 is 1.95 bits per heavy atom. The Hall–Kier alpha value is -1.91. The molecular formula is C16H16N2OS. The lowest BCUT2D eigenvalue weighted by Gasteiger charge is -1.99. The first kappa shape index (κ1) is 13.1. The van der Waals surface area contributed by atoms with Crippen molar-refractivity contribution in [2.45, 2.75) is 20.0 Å². The summed E-state index contributed by atoms with van der Waals surface area (Å²) in [4.78, 5) is 2.63. The van der Waals surface area contributed by atoms with Gasteiger partial charge in [0.15, 0.2) is 0 Å². The van der Waals surface area contributed by atoms with Gasteiger partial charge in [0.25, 0.3) is 0 Å². The molecule has 0 unspecified atom stereocenters. The van der Waals surface area contributed by atoms with E-state index in [9.17, 15) is 0 Å². The van der Waals surface area contributed by atoms with Crippen molar-refractivity contribution in [3.8, 4) is 10.4 Å². The van der Waals surface area contributed by atoms with Crippen molar-refractivity contribution in [1.82, 2.24) is 10.5 Å². The third-order valence-electron chi connectivity index (χ3n) is 3.00. The predicted molar refractivity (Wildman–Crippen MR) is 81.5 cm³/mol. The maximum absolute atomic E-state index is 5.04. The predicted octanol–water partition coefficient (Wildman–Crippen LogP) is 4.00. The Balaban J connectivity index is 1.58. The summed E-state index contributed by atoms with van der Waals surface area (Å²) in [6.07, 6.45) is 0. The number of hydrogen-bond acceptors (Lipinski definition) is 4. The Kier molecular flexibility index (Phi) is 3.95. The Bertz CT molecular complexity index is 673. The molecule has 0 fully saturated rings. The Labute approximate surface area is 122 Å². The smallest absolute Gasteiger partial charge is 0.133 e. The fourth-order valence-corrected chi connectivity index (χ4v) is 3.03. The molecular weight excluding hydrogens is 268 g/mol. The lowest BCUT2D eigenvalue weighted by atomic mass is 10.2. The minimum atomic E-state index is 0.732. The van der Waals surface area contributed by atoms with E-state index < -0.39 is 0 Å². The van der Waals surface area contributed by atoms with Gasteiger partial charge in [-0.2, -0.15) is 0 Å². The first-order chi connectivity index (χ1) is 9.81. The van der Waals surface area contributed by atoms with Crippen LogP contribution in [0, 0.1) is 6.92 Å². The van der Waals surface area contributed by atoms with Crippen LogP contribution in [-0.2, 0) is 13.1 Å². The van der Waals surface area contributed by atoms with Crippen LogP contribution >= 0.6 is 11.3 Å². The van der Waals surface area contributed by atoms with Crippen molar-refractivity contribution >= 4 is 11.3 Å². The quantitative estimate of drug-likeness (QED) is 0.769. The van der Waals surface area contributed by atoms with E-state index in [4.69, 9.17) is 4.52 Å². The fourth-order valence-electron chi connectivity index (χ4n) is 2.05.